The number of rotatable bonds is 4. The largest absolute Gasteiger partial charge is 0.350 e. The average molecular weight is 237 g/mol. The minimum absolute atomic E-state index is 0.137. The van der Waals surface area contributed by atoms with E-state index in [0.29, 0.717) is 18.0 Å². The molecule has 0 atom stereocenters. The predicted molar refractivity (Wildman–Crippen MR) is 59.3 cm³/mol. The van der Waals surface area contributed by atoms with Crippen molar-refractivity contribution in [3.63, 3.8) is 0 Å². The fourth-order valence-corrected chi connectivity index (χ4v) is 1.89. The first-order chi connectivity index (χ1) is 7.75. The van der Waals surface area contributed by atoms with Gasteiger partial charge in [-0.1, -0.05) is 0 Å². The molecule has 2 rings (SSSR count). The van der Waals surface area contributed by atoms with Gasteiger partial charge in [0.1, 0.15) is 0 Å². The standard InChI is InChI=1S/C9H11N5OS/c1-6-5-16-9(12-6)8(15)10-3-2-7-4-11-14-13-7/h4-5H,2-3H2,1H3,(H,10,15)(H,11,13,14). The molecule has 2 aromatic heterocycles. The quantitative estimate of drug-likeness (QED) is 0.813. The monoisotopic (exact) mass is 237 g/mol. The molecule has 0 bridgehead atoms. The Kier molecular flexibility index (Phi) is 3.25. The summed E-state index contributed by atoms with van der Waals surface area (Å²) >= 11 is 1.35. The van der Waals surface area contributed by atoms with Gasteiger partial charge in [-0.2, -0.15) is 15.4 Å². The van der Waals surface area contributed by atoms with Crippen LogP contribution >= 0.6 is 11.3 Å². The van der Waals surface area contributed by atoms with Crippen molar-refractivity contribution in [2.75, 3.05) is 6.54 Å². The smallest absolute Gasteiger partial charge is 0.280 e. The molecule has 16 heavy (non-hydrogen) atoms. The van der Waals surface area contributed by atoms with Crippen molar-refractivity contribution >= 4 is 17.2 Å². The van der Waals surface area contributed by atoms with Gasteiger partial charge in [0.25, 0.3) is 5.91 Å². The highest BCUT2D eigenvalue weighted by atomic mass is 32.1. The molecule has 0 aliphatic rings. The molecule has 2 heterocycles. The van der Waals surface area contributed by atoms with Crippen molar-refractivity contribution in [2.24, 2.45) is 0 Å². The van der Waals surface area contributed by atoms with Crippen LogP contribution in [0, 0.1) is 6.92 Å². The van der Waals surface area contributed by atoms with Gasteiger partial charge in [0.15, 0.2) is 5.01 Å². The van der Waals surface area contributed by atoms with Gasteiger partial charge in [-0.15, -0.1) is 11.3 Å². The van der Waals surface area contributed by atoms with Crippen LogP contribution in [-0.2, 0) is 6.42 Å². The fraction of sp³-hybridized carbons (Fsp3) is 0.333. The Morgan fingerprint density at radius 3 is 3.12 bits per heavy atom. The Morgan fingerprint density at radius 1 is 1.62 bits per heavy atom. The third kappa shape index (κ3) is 2.63. The molecule has 84 valence electrons. The van der Waals surface area contributed by atoms with Crippen molar-refractivity contribution in [1.82, 2.24) is 25.7 Å². The zero-order chi connectivity index (χ0) is 11.4. The zero-order valence-electron chi connectivity index (χ0n) is 8.73. The molecule has 0 saturated heterocycles. The average Bonchev–Trinajstić information content (AvgIpc) is 2.89. The Hall–Kier alpha value is -1.76. The number of aryl methyl sites for hydroxylation is 1. The molecule has 0 radical (unpaired) electrons. The van der Waals surface area contributed by atoms with E-state index >= 15 is 0 Å². The molecule has 0 saturated carbocycles. The summed E-state index contributed by atoms with van der Waals surface area (Å²) in [5.41, 5.74) is 1.70. The molecule has 0 aliphatic carbocycles. The summed E-state index contributed by atoms with van der Waals surface area (Å²) in [7, 11) is 0. The van der Waals surface area contributed by atoms with Crippen LogP contribution < -0.4 is 5.32 Å². The lowest BCUT2D eigenvalue weighted by Crippen LogP contribution is -2.25. The highest BCUT2D eigenvalue weighted by Crippen LogP contribution is 2.07. The van der Waals surface area contributed by atoms with Gasteiger partial charge in [0, 0.05) is 24.0 Å². The van der Waals surface area contributed by atoms with Crippen LogP contribution in [0.5, 0.6) is 0 Å². The summed E-state index contributed by atoms with van der Waals surface area (Å²) in [5.74, 6) is -0.137. The molecule has 0 aromatic carbocycles. The number of aromatic nitrogens is 4. The molecule has 6 nitrogen and oxygen atoms in total. The number of carbonyl (C=O) groups is 1. The van der Waals surface area contributed by atoms with Crippen LogP contribution in [0.3, 0.4) is 0 Å². The molecular formula is C9H11N5OS. The first kappa shape index (κ1) is 10.7. The maximum Gasteiger partial charge on any atom is 0.280 e. The van der Waals surface area contributed by atoms with Gasteiger partial charge in [0.2, 0.25) is 0 Å². The summed E-state index contributed by atoms with van der Waals surface area (Å²) in [5, 5.41) is 15.2. The highest BCUT2D eigenvalue weighted by Gasteiger charge is 2.08. The van der Waals surface area contributed by atoms with E-state index in [1.807, 2.05) is 12.3 Å². The van der Waals surface area contributed by atoms with Crippen molar-refractivity contribution in [3.05, 3.63) is 28.0 Å². The number of hydrogen-bond donors (Lipinski definition) is 2. The van der Waals surface area contributed by atoms with Crippen LogP contribution in [0.1, 0.15) is 21.2 Å². The van der Waals surface area contributed by atoms with E-state index in [9.17, 15) is 4.79 Å². The Morgan fingerprint density at radius 2 is 2.50 bits per heavy atom. The lowest BCUT2D eigenvalue weighted by Gasteiger charge is -1.99. The van der Waals surface area contributed by atoms with Gasteiger partial charge in [-0.05, 0) is 6.92 Å². The molecular weight excluding hydrogens is 226 g/mol. The van der Waals surface area contributed by atoms with Crippen molar-refractivity contribution in [3.8, 4) is 0 Å². The molecule has 0 unspecified atom stereocenters. The number of hydrogen-bond acceptors (Lipinski definition) is 5. The Labute approximate surface area is 96.1 Å². The lowest BCUT2D eigenvalue weighted by atomic mass is 10.3. The SMILES string of the molecule is Cc1csc(C(=O)NCCc2cn[nH]n2)n1. The molecule has 0 aliphatic heterocycles. The molecule has 2 aromatic rings. The number of nitrogens with zero attached hydrogens (tertiary/aromatic N) is 3. The number of amides is 1. The van der Waals surface area contributed by atoms with E-state index in [0.717, 1.165) is 11.4 Å². The summed E-state index contributed by atoms with van der Waals surface area (Å²) in [6.45, 7) is 2.40. The van der Waals surface area contributed by atoms with Gasteiger partial charge < -0.3 is 5.32 Å². The highest BCUT2D eigenvalue weighted by molar-refractivity contribution is 7.11. The van der Waals surface area contributed by atoms with E-state index in [1.54, 1.807) is 6.20 Å². The van der Waals surface area contributed by atoms with E-state index in [2.05, 4.69) is 25.7 Å². The minimum atomic E-state index is -0.137. The topological polar surface area (TPSA) is 83.6 Å². The summed E-state index contributed by atoms with van der Waals surface area (Å²) in [4.78, 5) is 15.7. The van der Waals surface area contributed by atoms with E-state index in [-0.39, 0.29) is 5.91 Å². The maximum atomic E-state index is 11.6. The first-order valence-electron chi connectivity index (χ1n) is 4.80. The maximum absolute atomic E-state index is 11.6. The third-order valence-electron chi connectivity index (χ3n) is 1.94. The van der Waals surface area contributed by atoms with Crippen molar-refractivity contribution < 1.29 is 4.79 Å². The second-order valence-corrected chi connectivity index (χ2v) is 4.12. The predicted octanol–water partition coefficient (Wildman–Crippen LogP) is 0.542. The molecule has 0 fully saturated rings. The number of nitrogens with one attached hydrogen (secondary N) is 2. The van der Waals surface area contributed by atoms with E-state index in [1.165, 1.54) is 11.3 Å². The van der Waals surface area contributed by atoms with E-state index in [4.69, 9.17) is 0 Å². The van der Waals surface area contributed by atoms with Crippen LogP contribution in [0.25, 0.3) is 0 Å². The third-order valence-corrected chi connectivity index (χ3v) is 2.90. The Bertz CT molecular complexity index is 464. The van der Waals surface area contributed by atoms with Crippen molar-refractivity contribution in [2.45, 2.75) is 13.3 Å². The van der Waals surface area contributed by atoms with Gasteiger partial charge in [-0.3, -0.25) is 4.79 Å². The van der Waals surface area contributed by atoms with Gasteiger partial charge >= 0.3 is 0 Å². The molecule has 2 N–H and O–H groups in total. The Balaban J connectivity index is 1.80. The second-order valence-electron chi connectivity index (χ2n) is 3.26. The van der Waals surface area contributed by atoms with Crippen LogP contribution in [-0.4, -0.2) is 32.8 Å². The number of carbonyl (C=O) groups excluding carboxylic acids is 1. The van der Waals surface area contributed by atoms with E-state index < -0.39 is 0 Å². The van der Waals surface area contributed by atoms with Crippen LogP contribution in [0.15, 0.2) is 11.6 Å². The number of H-pyrrole nitrogens is 1. The first-order valence-corrected chi connectivity index (χ1v) is 5.68. The molecule has 1 amide bonds. The minimum Gasteiger partial charge on any atom is -0.350 e. The fourth-order valence-electron chi connectivity index (χ4n) is 1.18. The lowest BCUT2D eigenvalue weighted by molar-refractivity contribution is 0.0953. The van der Waals surface area contributed by atoms with Crippen LogP contribution in [0.4, 0.5) is 0 Å². The van der Waals surface area contributed by atoms with Gasteiger partial charge in [0.05, 0.1) is 11.9 Å². The summed E-state index contributed by atoms with van der Waals surface area (Å²) in [6, 6.07) is 0. The number of thiazole rings is 1. The molecule has 0 spiro atoms. The summed E-state index contributed by atoms with van der Waals surface area (Å²) in [6.07, 6.45) is 2.30. The summed E-state index contributed by atoms with van der Waals surface area (Å²) < 4.78 is 0. The normalized spacial score (nSPS) is 10.3. The zero-order valence-corrected chi connectivity index (χ0v) is 9.54. The second kappa shape index (κ2) is 4.84. The van der Waals surface area contributed by atoms with Crippen LogP contribution in [0.2, 0.25) is 0 Å². The van der Waals surface area contributed by atoms with Crippen molar-refractivity contribution in [1.29, 1.82) is 0 Å². The number of aromatic amines is 1. The molecule has 7 heteroatoms. The van der Waals surface area contributed by atoms with Gasteiger partial charge in [-0.25, -0.2) is 4.98 Å².